The second kappa shape index (κ2) is 5.54. The van der Waals surface area contributed by atoms with Crippen molar-refractivity contribution in [3.63, 3.8) is 0 Å². The average molecular weight is 251 g/mol. The van der Waals surface area contributed by atoms with Crippen molar-refractivity contribution < 1.29 is 9.21 Å². The molecule has 1 amide bonds. The predicted octanol–water partition coefficient (Wildman–Crippen LogP) is 0.878. The highest BCUT2D eigenvalue weighted by atomic mass is 16.3. The minimum absolute atomic E-state index is 0.0530. The van der Waals surface area contributed by atoms with Crippen molar-refractivity contribution in [1.82, 2.24) is 10.2 Å². The molecule has 100 valence electrons. The third-order valence-corrected chi connectivity index (χ3v) is 3.14. The number of likely N-dealkylation sites (N-methyl/N-ethyl adjacent to an activating group) is 1. The quantitative estimate of drug-likeness (QED) is 0.787. The van der Waals surface area contributed by atoms with E-state index in [1.807, 2.05) is 31.0 Å². The van der Waals surface area contributed by atoms with Crippen LogP contribution in [0.3, 0.4) is 0 Å². The first-order valence-corrected chi connectivity index (χ1v) is 6.36. The summed E-state index contributed by atoms with van der Waals surface area (Å²) < 4.78 is 5.40. The minimum Gasteiger partial charge on any atom is -0.468 e. The van der Waals surface area contributed by atoms with Crippen LogP contribution in [0.15, 0.2) is 22.8 Å². The fourth-order valence-electron chi connectivity index (χ4n) is 2.16. The van der Waals surface area contributed by atoms with Gasteiger partial charge >= 0.3 is 0 Å². The fourth-order valence-corrected chi connectivity index (χ4v) is 2.16. The molecule has 5 heteroatoms. The summed E-state index contributed by atoms with van der Waals surface area (Å²) >= 11 is 0. The summed E-state index contributed by atoms with van der Waals surface area (Å²) in [5, 5.41) is 2.97. The van der Waals surface area contributed by atoms with Gasteiger partial charge in [0.05, 0.1) is 18.8 Å². The van der Waals surface area contributed by atoms with Gasteiger partial charge in [-0.2, -0.15) is 0 Å². The molecule has 2 rings (SSSR count). The van der Waals surface area contributed by atoms with Crippen LogP contribution in [0, 0.1) is 0 Å². The van der Waals surface area contributed by atoms with E-state index in [9.17, 15) is 4.79 Å². The number of rotatable bonds is 6. The first-order chi connectivity index (χ1) is 8.58. The number of furan rings is 1. The lowest BCUT2D eigenvalue weighted by molar-refractivity contribution is -0.122. The lowest BCUT2D eigenvalue weighted by Crippen LogP contribution is -2.43. The molecular formula is C13H21N3O2. The monoisotopic (exact) mass is 251 g/mol. The van der Waals surface area contributed by atoms with Crippen LogP contribution >= 0.6 is 0 Å². The minimum atomic E-state index is -0.102. The van der Waals surface area contributed by atoms with Gasteiger partial charge in [0.1, 0.15) is 5.76 Å². The van der Waals surface area contributed by atoms with Crippen molar-refractivity contribution in [1.29, 1.82) is 0 Å². The molecule has 0 saturated heterocycles. The van der Waals surface area contributed by atoms with E-state index < -0.39 is 0 Å². The maximum Gasteiger partial charge on any atom is 0.234 e. The zero-order chi connectivity index (χ0) is 13.1. The molecule has 0 radical (unpaired) electrons. The molecule has 1 aromatic heterocycles. The lowest BCUT2D eigenvalue weighted by atomic mass is 10.1. The van der Waals surface area contributed by atoms with Crippen molar-refractivity contribution >= 4 is 5.91 Å². The number of hydrogen-bond donors (Lipinski definition) is 2. The van der Waals surface area contributed by atoms with E-state index in [0.717, 1.165) is 18.6 Å². The smallest absolute Gasteiger partial charge is 0.234 e. The number of nitrogens with zero attached hydrogens (tertiary/aromatic N) is 1. The van der Waals surface area contributed by atoms with Gasteiger partial charge in [0.2, 0.25) is 5.91 Å². The summed E-state index contributed by atoms with van der Waals surface area (Å²) in [5.41, 5.74) is 5.98. The number of carbonyl (C=O) groups is 1. The number of carbonyl (C=O) groups excluding carboxylic acids is 1. The predicted molar refractivity (Wildman–Crippen MR) is 68.9 cm³/mol. The highest BCUT2D eigenvalue weighted by Crippen LogP contribution is 2.23. The average Bonchev–Trinajstić information content (AvgIpc) is 2.92. The molecule has 3 N–H and O–H groups in total. The number of hydrogen-bond acceptors (Lipinski definition) is 4. The fraction of sp³-hybridized carbons (Fsp3) is 0.615. The standard InChI is InChI=1S/C13H21N3O2/c1-9(14)13(11-4-3-7-18-11)16(2)8-12(17)15-10-5-6-10/h3-4,7,9-10,13H,5-6,8,14H2,1-2H3,(H,15,17). The molecule has 1 aliphatic rings. The highest BCUT2D eigenvalue weighted by Gasteiger charge is 2.27. The summed E-state index contributed by atoms with van der Waals surface area (Å²) in [6.45, 7) is 2.26. The molecule has 1 aromatic rings. The van der Waals surface area contributed by atoms with E-state index in [1.165, 1.54) is 0 Å². The Balaban J connectivity index is 1.95. The molecule has 0 bridgehead atoms. The van der Waals surface area contributed by atoms with Gasteiger partial charge in [-0.1, -0.05) is 0 Å². The Bertz CT molecular complexity index is 385. The normalized spacial score (nSPS) is 18.7. The molecule has 1 saturated carbocycles. The Labute approximate surface area is 107 Å². The maximum atomic E-state index is 11.8. The summed E-state index contributed by atoms with van der Waals surface area (Å²) in [4.78, 5) is 13.7. The molecule has 5 nitrogen and oxygen atoms in total. The Kier molecular flexibility index (Phi) is 4.04. The largest absolute Gasteiger partial charge is 0.468 e. The van der Waals surface area contributed by atoms with Crippen LogP contribution in [0.1, 0.15) is 31.6 Å². The Morgan fingerprint density at radius 3 is 2.89 bits per heavy atom. The summed E-state index contributed by atoms with van der Waals surface area (Å²) in [6.07, 6.45) is 3.83. The molecule has 1 aliphatic carbocycles. The molecule has 18 heavy (non-hydrogen) atoms. The molecule has 0 aliphatic heterocycles. The Morgan fingerprint density at radius 1 is 1.67 bits per heavy atom. The molecule has 1 heterocycles. The van der Waals surface area contributed by atoms with Gasteiger partial charge in [-0.25, -0.2) is 0 Å². The van der Waals surface area contributed by atoms with Gasteiger partial charge in [-0.3, -0.25) is 9.69 Å². The van der Waals surface area contributed by atoms with Gasteiger partial charge in [-0.05, 0) is 38.9 Å². The van der Waals surface area contributed by atoms with Crippen LogP contribution in [-0.4, -0.2) is 36.5 Å². The SMILES string of the molecule is CC(N)C(c1ccco1)N(C)CC(=O)NC1CC1. The van der Waals surface area contributed by atoms with Crippen LogP contribution < -0.4 is 11.1 Å². The maximum absolute atomic E-state index is 11.8. The second-order valence-electron chi connectivity index (χ2n) is 5.08. The van der Waals surface area contributed by atoms with Gasteiger partial charge in [-0.15, -0.1) is 0 Å². The Morgan fingerprint density at radius 2 is 2.39 bits per heavy atom. The molecule has 0 spiro atoms. The van der Waals surface area contributed by atoms with Crippen LogP contribution in [0.4, 0.5) is 0 Å². The summed E-state index contributed by atoms with van der Waals surface area (Å²) in [5.74, 6) is 0.851. The van der Waals surface area contributed by atoms with Gasteiger partial charge in [0, 0.05) is 12.1 Å². The number of amides is 1. The van der Waals surface area contributed by atoms with Crippen molar-refractivity contribution in [2.45, 2.75) is 37.9 Å². The van der Waals surface area contributed by atoms with Crippen molar-refractivity contribution in [2.75, 3.05) is 13.6 Å². The van der Waals surface area contributed by atoms with Crippen LogP contribution in [0.25, 0.3) is 0 Å². The molecule has 2 unspecified atom stereocenters. The first kappa shape index (κ1) is 13.1. The van der Waals surface area contributed by atoms with Crippen LogP contribution in [0.5, 0.6) is 0 Å². The third-order valence-electron chi connectivity index (χ3n) is 3.14. The third kappa shape index (κ3) is 3.34. The topological polar surface area (TPSA) is 71.5 Å². The van der Waals surface area contributed by atoms with E-state index in [-0.39, 0.29) is 18.0 Å². The Hall–Kier alpha value is -1.33. The van der Waals surface area contributed by atoms with E-state index in [4.69, 9.17) is 10.2 Å². The highest BCUT2D eigenvalue weighted by molar-refractivity contribution is 5.78. The molecule has 1 fully saturated rings. The van der Waals surface area contributed by atoms with Gasteiger partial charge in [0.25, 0.3) is 0 Å². The molecule has 2 atom stereocenters. The van der Waals surface area contributed by atoms with E-state index in [1.54, 1.807) is 6.26 Å². The summed E-state index contributed by atoms with van der Waals surface area (Å²) in [7, 11) is 1.89. The first-order valence-electron chi connectivity index (χ1n) is 6.36. The number of nitrogens with two attached hydrogens (primary N) is 1. The number of nitrogens with one attached hydrogen (secondary N) is 1. The van der Waals surface area contributed by atoms with E-state index in [2.05, 4.69) is 5.32 Å². The van der Waals surface area contributed by atoms with Crippen LogP contribution in [-0.2, 0) is 4.79 Å². The molecular weight excluding hydrogens is 230 g/mol. The molecule has 0 aromatic carbocycles. The second-order valence-corrected chi connectivity index (χ2v) is 5.08. The zero-order valence-electron chi connectivity index (χ0n) is 10.9. The van der Waals surface area contributed by atoms with Crippen molar-refractivity contribution in [3.05, 3.63) is 24.2 Å². The van der Waals surface area contributed by atoms with Crippen LogP contribution in [0.2, 0.25) is 0 Å². The van der Waals surface area contributed by atoms with Crippen molar-refractivity contribution in [2.24, 2.45) is 5.73 Å². The van der Waals surface area contributed by atoms with Crippen molar-refractivity contribution in [3.8, 4) is 0 Å². The zero-order valence-corrected chi connectivity index (χ0v) is 10.9. The van der Waals surface area contributed by atoms with Gasteiger partial charge < -0.3 is 15.5 Å². The summed E-state index contributed by atoms with van der Waals surface area (Å²) in [6, 6.07) is 3.94. The van der Waals surface area contributed by atoms with E-state index in [0.29, 0.717) is 12.6 Å². The van der Waals surface area contributed by atoms with Gasteiger partial charge in [0.15, 0.2) is 0 Å². The van der Waals surface area contributed by atoms with E-state index >= 15 is 0 Å². The lowest BCUT2D eigenvalue weighted by Gasteiger charge is -2.28.